The second kappa shape index (κ2) is 9.50. The molecule has 0 aromatic heterocycles. The van der Waals surface area contributed by atoms with Crippen LogP contribution in [0.25, 0.3) is 0 Å². The lowest BCUT2D eigenvalue weighted by Gasteiger charge is -2.16. The first kappa shape index (κ1) is 19.4. The molecule has 6 heteroatoms. The van der Waals surface area contributed by atoms with Crippen molar-refractivity contribution in [3.63, 3.8) is 0 Å². The van der Waals surface area contributed by atoms with Gasteiger partial charge >= 0.3 is 17.9 Å². The van der Waals surface area contributed by atoms with E-state index in [1.54, 1.807) is 13.8 Å². The molecule has 0 unspecified atom stereocenters. The van der Waals surface area contributed by atoms with Gasteiger partial charge in [-0.25, -0.2) is 4.79 Å². The van der Waals surface area contributed by atoms with E-state index < -0.39 is 35.8 Å². The molecule has 2 atom stereocenters. The normalized spacial score (nSPS) is 13.4. The highest BCUT2D eigenvalue weighted by Gasteiger charge is 2.33. The van der Waals surface area contributed by atoms with Crippen LogP contribution in [-0.4, -0.2) is 32.1 Å². The Balaban J connectivity index is 2.70. The predicted molar refractivity (Wildman–Crippen MR) is 86.8 cm³/mol. The molecular weight excluding hydrogens is 312 g/mol. The molecule has 1 rings (SSSR count). The zero-order valence-corrected chi connectivity index (χ0v) is 14.2. The van der Waals surface area contributed by atoms with Crippen LogP contribution in [0.1, 0.15) is 25.5 Å². The second-order valence-corrected chi connectivity index (χ2v) is 5.23. The Bertz CT molecular complexity index is 577. The van der Waals surface area contributed by atoms with Crippen LogP contribution in [-0.2, 0) is 28.6 Å². The van der Waals surface area contributed by atoms with E-state index >= 15 is 0 Å². The Morgan fingerprint density at radius 2 is 1.50 bits per heavy atom. The lowest BCUT2D eigenvalue weighted by Crippen LogP contribution is -2.31. The molecule has 1 aromatic carbocycles. The summed E-state index contributed by atoms with van der Waals surface area (Å²) in [4.78, 5) is 35.3. The summed E-state index contributed by atoms with van der Waals surface area (Å²) in [5.41, 5.74) is 0.870. The first-order chi connectivity index (χ1) is 11.4. The average molecular weight is 334 g/mol. The summed E-state index contributed by atoms with van der Waals surface area (Å²) in [6.45, 7) is 3.37. The van der Waals surface area contributed by atoms with Crippen LogP contribution in [0, 0.1) is 11.8 Å². The van der Waals surface area contributed by atoms with Gasteiger partial charge in [0.25, 0.3) is 0 Å². The Labute approximate surface area is 141 Å². The van der Waals surface area contributed by atoms with Crippen LogP contribution in [0.15, 0.2) is 42.5 Å². The largest absolute Gasteiger partial charge is 0.468 e. The van der Waals surface area contributed by atoms with E-state index in [2.05, 4.69) is 9.47 Å². The maximum atomic E-state index is 11.9. The smallest absolute Gasteiger partial charge is 0.331 e. The summed E-state index contributed by atoms with van der Waals surface area (Å²) >= 11 is 0. The van der Waals surface area contributed by atoms with Crippen molar-refractivity contribution in [2.24, 2.45) is 11.8 Å². The van der Waals surface area contributed by atoms with E-state index in [1.165, 1.54) is 26.4 Å². The zero-order chi connectivity index (χ0) is 18.1. The van der Waals surface area contributed by atoms with Gasteiger partial charge in [0.05, 0.1) is 14.2 Å². The van der Waals surface area contributed by atoms with E-state index in [1.807, 2.05) is 30.3 Å². The van der Waals surface area contributed by atoms with Crippen LogP contribution in [0.5, 0.6) is 0 Å². The van der Waals surface area contributed by atoms with Gasteiger partial charge in [-0.15, -0.1) is 0 Å². The number of hydrogen-bond donors (Lipinski definition) is 0. The zero-order valence-electron chi connectivity index (χ0n) is 14.2. The van der Waals surface area contributed by atoms with Crippen LogP contribution in [0.2, 0.25) is 0 Å². The van der Waals surface area contributed by atoms with Gasteiger partial charge < -0.3 is 14.2 Å². The van der Waals surface area contributed by atoms with Crippen LogP contribution in [0.3, 0.4) is 0 Å². The fraction of sp³-hybridized carbons (Fsp3) is 0.389. The number of rotatable bonds is 7. The molecule has 0 spiro atoms. The van der Waals surface area contributed by atoms with E-state index in [-0.39, 0.29) is 0 Å². The molecule has 130 valence electrons. The summed E-state index contributed by atoms with van der Waals surface area (Å²) in [6.07, 6.45) is 2.22. The minimum absolute atomic E-state index is 0.407. The monoisotopic (exact) mass is 334 g/mol. The average Bonchev–Trinajstić information content (AvgIpc) is 2.60. The van der Waals surface area contributed by atoms with E-state index in [4.69, 9.17) is 4.74 Å². The summed E-state index contributed by atoms with van der Waals surface area (Å²) in [6, 6.07) is 9.30. The number of methoxy groups -OCH3 is 2. The van der Waals surface area contributed by atoms with Gasteiger partial charge in [0.15, 0.2) is 5.92 Å². The van der Waals surface area contributed by atoms with Crippen molar-refractivity contribution in [1.29, 1.82) is 0 Å². The summed E-state index contributed by atoms with van der Waals surface area (Å²) in [5, 5.41) is 0. The molecule has 0 aliphatic rings. The highest BCUT2D eigenvalue weighted by atomic mass is 16.5. The molecule has 0 amide bonds. The van der Waals surface area contributed by atoms with Gasteiger partial charge in [0, 0.05) is 6.08 Å². The number of benzene rings is 1. The first-order valence-corrected chi connectivity index (χ1v) is 7.50. The molecule has 1 aromatic rings. The molecular formula is C18H22O6. The van der Waals surface area contributed by atoms with E-state index in [0.717, 1.165) is 5.56 Å². The maximum absolute atomic E-state index is 11.9. The number of carbonyl (C=O) groups excluding carboxylic acids is 3. The number of hydrogen-bond acceptors (Lipinski definition) is 6. The lowest BCUT2D eigenvalue weighted by atomic mass is 9.93. The molecule has 0 radical (unpaired) electrons. The van der Waals surface area contributed by atoms with Crippen molar-refractivity contribution >= 4 is 17.9 Å². The molecule has 0 aliphatic heterocycles. The predicted octanol–water partition coefficient (Wildman–Crippen LogP) is 2.45. The molecule has 0 aliphatic carbocycles. The first-order valence-electron chi connectivity index (χ1n) is 7.50. The minimum atomic E-state index is -1.13. The summed E-state index contributed by atoms with van der Waals surface area (Å²) in [5.74, 6) is -3.71. The molecule has 24 heavy (non-hydrogen) atoms. The quantitative estimate of drug-likeness (QED) is 0.330. The lowest BCUT2D eigenvalue weighted by molar-refractivity contribution is -0.160. The second-order valence-electron chi connectivity index (χ2n) is 5.23. The van der Waals surface area contributed by atoms with Crippen molar-refractivity contribution in [1.82, 2.24) is 0 Å². The van der Waals surface area contributed by atoms with Crippen molar-refractivity contribution in [2.75, 3.05) is 14.2 Å². The summed E-state index contributed by atoms with van der Waals surface area (Å²) in [7, 11) is 2.37. The van der Waals surface area contributed by atoms with Gasteiger partial charge in [-0.05, 0) is 18.4 Å². The number of allylic oxidation sites excluding steroid dienone is 1. The molecule has 0 bridgehead atoms. The van der Waals surface area contributed by atoms with E-state index in [0.29, 0.717) is 0 Å². The fourth-order valence-corrected chi connectivity index (χ4v) is 2.13. The molecule has 6 nitrogen and oxygen atoms in total. The maximum Gasteiger partial charge on any atom is 0.331 e. The summed E-state index contributed by atoms with van der Waals surface area (Å²) < 4.78 is 14.5. The molecule has 0 saturated heterocycles. The minimum Gasteiger partial charge on any atom is -0.468 e. The standard InChI is InChI=1S/C18H22O6/c1-12(16(17(20)22-3)18(21)23-4)10-11-15(19)24-13(2)14-8-6-5-7-9-14/h5-13,16H,1-4H3/b11-10+/t12-,13-/m1/s1. The van der Waals surface area contributed by atoms with Gasteiger partial charge in [0.1, 0.15) is 6.10 Å². The molecule has 0 fully saturated rings. The Kier molecular flexibility index (Phi) is 7.68. The topological polar surface area (TPSA) is 78.9 Å². The van der Waals surface area contributed by atoms with Gasteiger partial charge in [0.2, 0.25) is 0 Å². The highest BCUT2D eigenvalue weighted by molar-refractivity contribution is 5.95. The molecule has 0 heterocycles. The van der Waals surface area contributed by atoms with Gasteiger partial charge in [-0.1, -0.05) is 43.3 Å². The molecule has 0 N–H and O–H groups in total. The fourth-order valence-electron chi connectivity index (χ4n) is 2.13. The van der Waals surface area contributed by atoms with Crippen molar-refractivity contribution in [3.05, 3.63) is 48.0 Å². The Morgan fingerprint density at radius 1 is 0.958 bits per heavy atom. The van der Waals surface area contributed by atoms with E-state index in [9.17, 15) is 14.4 Å². The number of carbonyl (C=O) groups is 3. The van der Waals surface area contributed by atoms with Gasteiger partial charge in [-0.2, -0.15) is 0 Å². The number of ether oxygens (including phenoxy) is 3. The third-order valence-electron chi connectivity index (χ3n) is 3.53. The third-order valence-corrected chi connectivity index (χ3v) is 3.53. The van der Waals surface area contributed by atoms with Crippen LogP contribution in [0.4, 0.5) is 0 Å². The van der Waals surface area contributed by atoms with Crippen molar-refractivity contribution in [3.8, 4) is 0 Å². The van der Waals surface area contributed by atoms with Gasteiger partial charge in [-0.3, -0.25) is 9.59 Å². The number of esters is 3. The third kappa shape index (κ3) is 5.53. The van der Waals surface area contributed by atoms with Crippen LogP contribution >= 0.6 is 0 Å². The van der Waals surface area contributed by atoms with Crippen molar-refractivity contribution in [2.45, 2.75) is 20.0 Å². The SMILES string of the molecule is COC(=O)C(C(=O)OC)[C@H](C)/C=C/C(=O)O[C@H](C)c1ccccc1. The Morgan fingerprint density at radius 3 is 2.00 bits per heavy atom. The van der Waals surface area contributed by atoms with Crippen molar-refractivity contribution < 1.29 is 28.6 Å². The van der Waals surface area contributed by atoms with Crippen LogP contribution < -0.4 is 0 Å². The molecule has 0 saturated carbocycles. The highest BCUT2D eigenvalue weighted by Crippen LogP contribution is 2.19. The Hall–Kier alpha value is -2.63.